The molecule has 1 aromatic carbocycles. The third-order valence-corrected chi connectivity index (χ3v) is 2.93. The summed E-state index contributed by atoms with van der Waals surface area (Å²) >= 11 is 3.35. The van der Waals surface area contributed by atoms with E-state index in [2.05, 4.69) is 20.9 Å². The van der Waals surface area contributed by atoms with Crippen molar-refractivity contribution in [2.75, 3.05) is 5.73 Å². The van der Waals surface area contributed by atoms with Crippen molar-refractivity contribution in [2.24, 2.45) is 0 Å². The van der Waals surface area contributed by atoms with E-state index in [0.717, 1.165) is 15.6 Å². The molecule has 0 saturated heterocycles. The Balaban J connectivity index is 2.38. The molecule has 4 nitrogen and oxygen atoms in total. The van der Waals surface area contributed by atoms with Gasteiger partial charge in [-0.25, -0.2) is 9.78 Å². The molecule has 0 aliphatic carbocycles. The Labute approximate surface area is 107 Å². The number of hydrogen-bond donors (Lipinski definition) is 1. The first kappa shape index (κ1) is 11.9. The van der Waals surface area contributed by atoms with Crippen LogP contribution in [-0.4, -0.2) is 9.55 Å². The summed E-state index contributed by atoms with van der Waals surface area (Å²) in [6.45, 7) is 2.33. The third-order valence-electron chi connectivity index (χ3n) is 2.43. The second-order valence-electron chi connectivity index (χ2n) is 3.88. The SMILES string of the molecule is Cc1cnc(=O)n(Cc2ccc(Br)cc2N)c1. The molecule has 1 heterocycles. The van der Waals surface area contributed by atoms with Crippen molar-refractivity contribution < 1.29 is 0 Å². The lowest BCUT2D eigenvalue weighted by Gasteiger charge is -2.08. The molecule has 0 aliphatic rings. The van der Waals surface area contributed by atoms with Crippen molar-refractivity contribution in [3.8, 4) is 0 Å². The van der Waals surface area contributed by atoms with Crippen LogP contribution in [0.5, 0.6) is 0 Å². The van der Waals surface area contributed by atoms with Gasteiger partial charge in [-0.2, -0.15) is 0 Å². The van der Waals surface area contributed by atoms with E-state index in [1.807, 2.05) is 25.1 Å². The molecule has 0 aliphatic heterocycles. The van der Waals surface area contributed by atoms with Gasteiger partial charge in [0.05, 0.1) is 6.54 Å². The maximum atomic E-state index is 11.6. The molecular formula is C12H12BrN3O. The molecule has 0 spiro atoms. The highest BCUT2D eigenvalue weighted by atomic mass is 79.9. The second-order valence-corrected chi connectivity index (χ2v) is 4.80. The van der Waals surface area contributed by atoms with Gasteiger partial charge in [0.2, 0.25) is 0 Å². The van der Waals surface area contributed by atoms with Crippen LogP contribution in [-0.2, 0) is 6.54 Å². The number of nitrogens with two attached hydrogens (primary N) is 1. The molecule has 0 unspecified atom stereocenters. The molecular weight excluding hydrogens is 282 g/mol. The molecule has 2 rings (SSSR count). The van der Waals surface area contributed by atoms with Gasteiger partial charge < -0.3 is 5.73 Å². The fourth-order valence-electron chi connectivity index (χ4n) is 1.57. The quantitative estimate of drug-likeness (QED) is 0.861. The van der Waals surface area contributed by atoms with E-state index in [-0.39, 0.29) is 5.69 Å². The van der Waals surface area contributed by atoms with Gasteiger partial charge in [-0.1, -0.05) is 22.0 Å². The van der Waals surface area contributed by atoms with Gasteiger partial charge in [-0.15, -0.1) is 0 Å². The highest BCUT2D eigenvalue weighted by molar-refractivity contribution is 9.10. The van der Waals surface area contributed by atoms with E-state index in [4.69, 9.17) is 5.73 Å². The topological polar surface area (TPSA) is 60.9 Å². The fraction of sp³-hybridized carbons (Fsp3) is 0.167. The summed E-state index contributed by atoms with van der Waals surface area (Å²) in [5.74, 6) is 0. The predicted molar refractivity (Wildman–Crippen MR) is 70.9 cm³/mol. The highest BCUT2D eigenvalue weighted by Gasteiger charge is 2.03. The Morgan fingerprint density at radius 1 is 1.47 bits per heavy atom. The molecule has 0 atom stereocenters. The van der Waals surface area contributed by atoms with Crippen LogP contribution in [0, 0.1) is 6.92 Å². The monoisotopic (exact) mass is 293 g/mol. The highest BCUT2D eigenvalue weighted by Crippen LogP contribution is 2.18. The Bertz CT molecular complexity index is 607. The molecule has 1 aromatic heterocycles. The summed E-state index contributed by atoms with van der Waals surface area (Å²) in [7, 11) is 0. The normalized spacial score (nSPS) is 10.5. The van der Waals surface area contributed by atoms with E-state index >= 15 is 0 Å². The minimum absolute atomic E-state index is 0.266. The molecule has 88 valence electrons. The molecule has 2 aromatic rings. The maximum Gasteiger partial charge on any atom is 0.347 e. The van der Waals surface area contributed by atoms with Crippen LogP contribution in [0.15, 0.2) is 39.9 Å². The van der Waals surface area contributed by atoms with E-state index in [1.54, 1.807) is 17.0 Å². The zero-order valence-corrected chi connectivity index (χ0v) is 10.9. The lowest BCUT2D eigenvalue weighted by atomic mass is 10.2. The van der Waals surface area contributed by atoms with Crippen LogP contribution in [0.4, 0.5) is 5.69 Å². The molecule has 0 fully saturated rings. The lowest BCUT2D eigenvalue weighted by molar-refractivity contribution is 0.722. The zero-order chi connectivity index (χ0) is 12.4. The van der Waals surface area contributed by atoms with Crippen molar-refractivity contribution in [3.05, 3.63) is 56.7 Å². The average Bonchev–Trinajstić information content (AvgIpc) is 2.27. The number of benzene rings is 1. The summed E-state index contributed by atoms with van der Waals surface area (Å²) in [4.78, 5) is 15.3. The van der Waals surface area contributed by atoms with Crippen LogP contribution in [0.1, 0.15) is 11.1 Å². The molecule has 0 bridgehead atoms. The summed E-state index contributed by atoms with van der Waals surface area (Å²) < 4.78 is 2.48. The summed E-state index contributed by atoms with van der Waals surface area (Å²) in [5, 5.41) is 0. The number of rotatable bonds is 2. The van der Waals surface area contributed by atoms with Gasteiger partial charge in [0.1, 0.15) is 0 Å². The number of aryl methyl sites for hydroxylation is 1. The average molecular weight is 294 g/mol. The lowest BCUT2D eigenvalue weighted by Crippen LogP contribution is -2.23. The number of halogens is 1. The van der Waals surface area contributed by atoms with Gasteiger partial charge >= 0.3 is 5.69 Å². The molecule has 5 heteroatoms. The van der Waals surface area contributed by atoms with Crippen LogP contribution >= 0.6 is 15.9 Å². The van der Waals surface area contributed by atoms with E-state index < -0.39 is 0 Å². The van der Waals surface area contributed by atoms with Gasteiger partial charge in [-0.3, -0.25) is 4.57 Å². The first-order valence-corrected chi connectivity index (χ1v) is 5.92. The smallest absolute Gasteiger partial charge is 0.347 e. The van der Waals surface area contributed by atoms with Crippen molar-refractivity contribution in [1.29, 1.82) is 0 Å². The van der Waals surface area contributed by atoms with Crippen molar-refractivity contribution >= 4 is 21.6 Å². The Kier molecular flexibility index (Phi) is 3.28. The van der Waals surface area contributed by atoms with Crippen molar-refractivity contribution in [1.82, 2.24) is 9.55 Å². The molecule has 0 saturated carbocycles. The van der Waals surface area contributed by atoms with Gasteiger partial charge in [0.25, 0.3) is 0 Å². The van der Waals surface area contributed by atoms with Crippen LogP contribution in [0.25, 0.3) is 0 Å². The molecule has 0 amide bonds. The zero-order valence-electron chi connectivity index (χ0n) is 9.35. The van der Waals surface area contributed by atoms with Gasteiger partial charge in [0.15, 0.2) is 0 Å². The number of aromatic nitrogens is 2. The maximum absolute atomic E-state index is 11.6. The first-order chi connectivity index (χ1) is 8.06. The fourth-order valence-corrected chi connectivity index (χ4v) is 1.95. The van der Waals surface area contributed by atoms with E-state index in [0.29, 0.717) is 12.2 Å². The van der Waals surface area contributed by atoms with E-state index in [9.17, 15) is 4.79 Å². The van der Waals surface area contributed by atoms with Gasteiger partial charge in [0, 0.05) is 22.6 Å². The minimum atomic E-state index is -0.266. The summed E-state index contributed by atoms with van der Waals surface area (Å²) in [5.41, 5.74) is 8.14. The van der Waals surface area contributed by atoms with Crippen molar-refractivity contribution in [3.63, 3.8) is 0 Å². The number of anilines is 1. The van der Waals surface area contributed by atoms with Crippen LogP contribution in [0.3, 0.4) is 0 Å². The van der Waals surface area contributed by atoms with Crippen molar-refractivity contribution in [2.45, 2.75) is 13.5 Å². The molecule has 0 radical (unpaired) electrons. The number of nitrogen functional groups attached to an aromatic ring is 1. The summed E-state index contributed by atoms with van der Waals surface area (Å²) in [6, 6.07) is 5.62. The number of nitrogens with zero attached hydrogens (tertiary/aromatic N) is 2. The largest absolute Gasteiger partial charge is 0.398 e. The Hall–Kier alpha value is -1.62. The number of hydrogen-bond acceptors (Lipinski definition) is 3. The molecule has 17 heavy (non-hydrogen) atoms. The minimum Gasteiger partial charge on any atom is -0.398 e. The molecule has 2 N–H and O–H groups in total. The van der Waals surface area contributed by atoms with Crippen LogP contribution in [0.2, 0.25) is 0 Å². The predicted octanol–water partition coefficient (Wildman–Crippen LogP) is 1.94. The Morgan fingerprint density at radius 2 is 2.24 bits per heavy atom. The first-order valence-electron chi connectivity index (χ1n) is 5.13. The van der Waals surface area contributed by atoms with Crippen LogP contribution < -0.4 is 11.4 Å². The Morgan fingerprint density at radius 3 is 2.94 bits per heavy atom. The summed E-state index contributed by atoms with van der Waals surface area (Å²) in [6.07, 6.45) is 3.33. The van der Waals surface area contributed by atoms with E-state index in [1.165, 1.54) is 0 Å². The van der Waals surface area contributed by atoms with Gasteiger partial charge in [-0.05, 0) is 30.2 Å². The second kappa shape index (κ2) is 4.71. The third kappa shape index (κ3) is 2.74. The standard InChI is InChI=1S/C12H12BrN3O/c1-8-5-15-12(17)16(6-8)7-9-2-3-10(13)4-11(9)14/h2-6H,7,14H2,1H3.